The molecule has 0 aliphatic rings. The Hall–Kier alpha value is -3.06. The molecule has 4 N–H and O–H groups in total. The van der Waals surface area contributed by atoms with Gasteiger partial charge in [0.1, 0.15) is 11.4 Å². The van der Waals surface area contributed by atoms with Gasteiger partial charge >= 0.3 is 0 Å². The van der Waals surface area contributed by atoms with E-state index in [9.17, 15) is 4.79 Å². The van der Waals surface area contributed by atoms with Gasteiger partial charge in [-0.05, 0) is 48.3 Å². The van der Waals surface area contributed by atoms with Crippen LogP contribution >= 0.6 is 11.5 Å². The number of fused-ring (bicyclic) bond motifs is 2. The number of hydrogen-bond acceptors (Lipinski definition) is 6. The third-order valence-electron chi connectivity index (χ3n) is 4.08. The van der Waals surface area contributed by atoms with Gasteiger partial charge < -0.3 is 20.8 Å². The quantitative estimate of drug-likeness (QED) is 0.356. The summed E-state index contributed by atoms with van der Waals surface area (Å²) in [7, 11) is 0. The molecule has 2 aromatic carbocycles. The number of carbonyl (C=O) groups is 1. The summed E-state index contributed by atoms with van der Waals surface area (Å²) in [5.41, 5.74) is 6.95. The number of nitrogen functional groups attached to an aromatic ring is 1. The summed E-state index contributed by atoms with van der Waals surface area (Å²) in [6.07, 6.45) is 0.783. The lowest BCUT2D eigenvalue weighted by molar-refractivity contribution is 0.0928. The first-order valence-electron chi connectivity index (χ1n) is 8.36. The molecule has 0 atom stereocenters. The van der Waals surface area contributed by atoms with E-state index >= 15 is 0 Å². The molecule has 0 aliphatic carbocycles. The summed E-state index contributed by atoms with van der Waals surface area (Å²) < 4.78 is 11.1. The average molecular weight is 366 g/mol. The summed E-state index contributed by atoms with van der Waals surface area (Å²) in [6, 6.07) is 15.2. The van der Waals surface area contributed by atoms with Crippen LogP contribution in [-0.2, 0) is 0 Å². The molecule has 4 aromatic rings. The van der Waals surface area contributed by atoms with Crippen molar-refractivity contribution in [3.63, 3.8) is 0 Å². The number of amides is 1. The fourth-order valence-corrected chi connectivity index (χ4v) is 3.51. The topological polar surface area (TPSA) is 93.2 Å². The number of furan rings is 1. The molecule has 6 nitrogen and oxygen atoms in total. The fraction of sp³-hybridized carbons (Fsp3) is 0.158. The molecule has 26 heavy (non-hydrogen) atoms. The van der Waals surface area contributed by atoms with Crippen LogP contribution in [0.4, 0.5) is 11.5 Å². The van der Waals surface area contributed by atoms with Crippen molar-refractivity contribution in [3.05, 3.63) is 54.3 Å². The van der Waals surface area contributed by atoms with Crippen molar-refractivity contribution in [2.24, 2.45) is 0 Å². The lowest BCUT2D eigenvalue weighted by atomic mass is 10.2. The first-order valence-corrected chi connectivity index (χ1v) is 9.13. The zero-order valence-corrected chi connectivity index (χ0v) is 14.8. The molecule has 132 valence electrons. The minimum Gasteiger partial charge on any atom is -0.451 e. The SMILES string of the molecule is Nc1ccc2cc(C(=O)NCCCNc3nsc4ccccc34)oc2c1. The summed E-state index contributed by atoms with van der Waals surface area (Å²) >= 11 is 1.48. The normalized spacial score (nSPS) is 11.1. The van der Waals surface area contributed by atoms with Gasteiger partial charge in [-0.15, -0.1) is 0 Å². The lowest BCUT2D eigenvalue weighted by Gasteiger charge is -2.05. The molecule has 2 heterocycles. The smallest absolute Gasteiger partial charge is 0.287 e. The van der Waals surface area contributed by atoms with Gasteiger partial charge in [0, 0.05) is 35.6 Å². The Bertz CT molecular complexity index is 1070. The number of hydrogen-bond donors (Lipinski definition) is 3. The van der Waals surface area contributed by atoms with E-state index in [0.29, 0.717) is 23.6 Å². The van der Waals surface area contributed by atoms with E-state index in [1.165, 1.54) is 11.5 Å². The maximum absolute atomic E-state index is 12.2. The van der Waals surface area contributed by atoms with Crippen LogP contribution in [-0.4, -0.2) is 23.4 Å². The van der Waals surface area contributed by atoms with Gasteiger partial charge in [0.25, 0.3) is 5.91 Å². The zero-order valence-electron chi connectivity index (χ0n) is 14.0. The number of nitrogens with one attached hydrogen (secondary N) is 2. The van der Waals surface area contributed by atoms with E-state index in [-0.39, 0.29) is 5.91 Å². The summed E-state index contributed by atoms with van der Waals surface area (Å²) in [6.45, 7) is 1.28. The zero-order chi connectivity index (χ0) is 17.9. The Morgan fingerprint density at radius 1 is 1.15 bits per heavy atom. The molecule has 1 amide bonds. The van der Waals surface area contributed by atoms with Gasteiger partial charge in [0.15, 0.2) is 5.76 Å². The maximum Gasteiger partial charge on any atom is 0.287 e. The van der Waals surface area contributed by atoms with Crippen molar-refractivity contribution >= 4 is 50.0 Å². The number of carbonyl (C=O) groups excluding carboxylic acids is 1. The second-order valence-electron chi connectivity index (χ2n) is 5.97. The van der Waals surface area contributed by atoms with Crippen LogP contribution < -0.4 is 16.4 Å². The fourth-order valence-electron chi connectivity index (χ4n) is 2.76. The molecular formula is C19H18N4O2S. The standard InChI is InChI=1S/C19H18N4O2S/c20-13-7-6-12-10-16(25-15(12)11-13)19(24)22-9-3-8-21-18-14-4-1-2-5-17(14)26-23-18/h1-2,4-7,10-11H,3,8-9,20H2,(H,21,23)(H,22,24). The molecule has 2 aromatic heterocycles. The van der Waals surface area contributed by atoms with Crippen LogP contribution in [0.5, 0.6) is 0 Å². The van der Waals surface area contributed by atoms with Crippen LogP contribution in [0.25, 0.3) is 21.1 Å². The Balaban J connectivity index is 1.28. The molecule has 0 fully saturated rings. The molecule has 0 bridgehead atoms. The maximum atomic E-state index is 12.2. The highest BCUT2D eigenvalue weighted by molar-refractivity contribution is 7.13. The average Bonchev–Trinajstić information content (AvgIpc) is 3.25. The molecule has 4 rings (SSSR count). The minimum absolute atomic E-state index is 0.223. The van der Waals surface area contributed by atoms with Crippen molar-refractivity contribution < 1.29 is 9.21 Å². The van der Waals surface area contributed by atoms with Gasteiger partial charge in [-0.25, -0.2) is 0 Å². The van der Waals surface area contributed by atoms with Crippen molar-refractivity contribution in [1.29, 1.82) is 0 Å². The predicted molar refractivity (Wildman–Crippen MR) is 106 cm³/mol. The Morgan fingerprint density at radius 2 is 2.04 bits per heavy atom. The minimum atomic E-state index is -0.223. The Labute approximate surface area is 154 Å². The Morgan fingerprint density at radius 3 is 2.96 bits per heavy atom. The molecule has 0 spiro atoms. The van der Waals surface area contributed by atoms with Crippen LogP contribution in [0.3, 0.4) is 0 Å². The van der Waals surface area contributed by atoms with Crippen LogP contribution in [0.1, 0.15) is 17.0 Å². The molecule has 0 saturated heterocycles. The molecule has 7 heteroatoms. The molecule has 0 aliphatic heterocycles. The third-order valence-corrected chi connectivity index (χ3v) is 4.90. The Kier molecular flexibility index (Phi) is 4.45. The highest BCUT2D eigenvalue weighted by atomic mass is 32.1. The van der Waals surface area contributed by atoms with E-state index in [1.807, 2.05) is 18.2 Å². The third kappa shape index (κ3) is 3.34. The van der Waals surface area contributed by atoms with Gasteiger partial charge in [-0.3, -0.25) is 4.79 Å². The second kappa shape index (κ2) is 7.05. The number of nitrogens with zero attached hydrogens (tertiary/aromatic N) is 1. The first-order chi connectivity index (χ1) is 12.7. The largest absolute Gasteiger partial charge is 0.451 e. The van der Waals surface area contributed by atoms with Crippen molar-refractivity contribution in [3.8, 4) is 0 Å². The number of rotatable bonds is 6. The van der Waals surface area contributed by atoms with E-state index in [2.05, 4.69) is 27.1 Å². The molecular weight excluding hydrogens is 348 g/mol. The first kappa shape index (κ1) is 16.4. The van der Waals surface area contributed by atoms with Crippen molar-refractivity contribution in [2.45, 2.75) is 6.42 Å². The van der Waals surface area contributed by atoms with Crippen LogP contribution in [0.15, 0.2) is 52.9 Å². The predicted octanol–water partition coefficient (Wildman–Crippen LogP) is 3.86. The highest BCUT2D eigenvalue weighted by Crippen LogP contribution is 2.26. The van der Waals surface area contributed by atoms with Crippen molar-refractivity contribution in [1.82, 2.24) is 9.69 Å². The van der Waals surface area contributed by atoms with E-state index in [1.54, 1.807) is 18.2 Å². The number of nitrogens with two attached hydrogens (primary N) is 1. The highest BCUT2D eigenvalue weighted by Gasteiger charge is 2.12. The monoisotopic (exact) mass is 366 g/mol. The van der Waals surface area contributed by atoms with Gasteiger partial charge in [-0.2, -0.15) is 4.37 Å². The van der Waals surface area contributed by atoms with Gasteiger partial charge in [-0.1, -0.05) is 12.1 Å². The van der Waals surface area contributed by atoms with Crippen LogP contribution in [0.2, 0.25) is 0 Å². The van der Waals surface area contributed by atoms with Gasteiger partial charge in [0.2, 0.25) is 0 Å². The van der Waals surface area contributed by atoms with Gasteiger partial charge in [0.05, 0.1) is 4.70 Å². The summed E-state index contributed by atoms with van der Waals surface area (Å²) in [5, 5.41) is 8.18. The summed E-state index contributed by atoms with van der Waals surface area (Å²) in [4.78, 5) is 12.2. The van der Waals surface area contributed by atoms with E-state index < -0.39 is 0 Å². The number of aromatic nitrogens is 1. The lowest BCUT2D eigenvalue weighted by Crippen LogP contribution is -2.25. The number of benzene rings is 2. The molecule has 0 saturated carbocycles. The summed E-state index contributed by atoms with van der Waals surface area (Å²) in [5.74, 6) is 0.967. The van der Waals surface area contributed by atoms with Crippen LogP contribution in [0, 0.1) is 0 Å². The molecule has 0 radical (unpaired) electrons. The second-order valence-corrected chi connectivity index (χ2v) is 6.78. The number of anilines is 2. The van der Waals surface area contributed by atoms with E-state index in [4.69, 9.17) is 10.2 Å². The molecule has 0 unspecified atom stereocenters. The van der Waals surface area contributed by atoms with E-state index in [0.717, 1.165) is 34.3 Å². The van der Waals surface area contributed by atoms with Crippen molar-refractivity contribution in [2.75, 3.05) is 24.1 Å².